The summed E-state index contributed by atoms with van der Waals surface area (Å²) >= 11 is 0. The van der Waals surface area contributed by atoms with Gasteiger partial charge in [-0.2, -0.15) is 0 Å². The zero-order valence-electron chi connectivity index (χ0n) is 16.9. The lowest BCUT2D eigenvalue weighted by atomic mass is 9.40. The molecule has 0 radical (unpaired) electrons. The van der Waals surface area contributed by atoms with Crippen molar-refractivity contribution in [1.82, 2.24) is 0 Å². The second kappa shape index (κ2) is 5.70. The molecular formula is C22H36O4. The van der Waals surface area contributed by atoms with Crippen molar-refractivity contribution in [2.45, 2.75) is 90.8 Å². The van der Waals surface area contributed by atoms with Gasteiger partial charge in [-0.15, -0.1) is 0 Å². The Hall–Kier alpha value is -0.610. The Labute approximate surface area is 157 Å². The molecule has 2 bridgehead atoms. The van der Waals surface area contributed by atoms with E-state index in [1.54, 1.807) is 0 Å². The van der Waals surface area contributed by atoms with E-state index in [-0.39, 0.29) is 34.2 Å². The third-order valence-corrected chi connectivity index (χ3v) is 9.32. The summed E-state index contributed by atoms with van der Waals surface area (Å²) in [6, 6.07) is 0. The van der Waals surface area contributed by atoms with Crippen LogP contribution in [0.2, 0.25) is 0 Å². The van der Waals surface area contributed by atoms with Crippen LogP contribution in [-0.2, 0) is 9.53 Å². The predicted molar refractivity (Wildman–Crippen MR) is 99.3 cm³/mol. The normalized spacial score (nSPS) is 55.8. The third-order valence-electron chi connectivity index (χ3n) is 9.32. The highest BCUT2D eigenvalue weighted by molar-refractivity contribution is 5.65. The van der Waals surface area contributed by atoms with E-state index >= 15 is 0 Å². The average molecular weight is 365 g/mol. The molecule has 26 heavy (non-hydrogen) atoms. The number of hydrogen-bond donors (Lipinski definition) is 2. The molecule has 1 unspecified atom stereocenters. The van der Waals surface area contributed by atoms with Crippen LogP contribution in [0.4, 0.5) is 0 Å². The molecule has 4 heteroatoms. The summed E-state index contributed by atoms with van der Waals surface area (Å²) in [4.78, 5) is 11.4. The van der Waals surface area contributed by atoms with Crippen molar-refractivity contribution in [2.24, 2.45) is 34.0 Å². The standard InChI is InChI=1S/C22H36O4/c1-14(23)26-13-19(2)9-5-10-20(3)16(19)8-11-22-12-21(4,25)15(18(22)24)6-7-17(20)22/h15-18,24-25H,5-13H2,1-4H3/t15-,16-,17+,18?,19+,20-,21-,22+/m1/s1. The SMILES string of the molecule is CC(=O)OC[C@]1(C)CCC[C@]2(C)[C@@H]1CC[C@]13C[C@@](C)(O)[C@H](CC[C@H]12)C3O. The van der Waals surface area contributed by atoms with Crippen molar-refractivity contribution in [2.75, 3.05) is 6.61 Å². The highest BCUT2D eigenvalue weighted by Gasteiger charge is 2.70. The van der Waals surface area contributed by atoms with Crippen molar-refractivity contribution in [1.29, 1.82) is 0 Å². The topological polar surface area (TPSA) is 66.8 Å². The molecule has 0 aliphatic heterocycles. The second-order valence-corrected chi connectivity index (χ2v) is 10.8. The first-order chi connectivity index (χ1) is 12.1. The van der Waals surface area contributed by atoms with Crippen LogP contribution in [-0.4, -0.2) is 34.5 Å². The average Bonchev–Trinajstić information content (AvgIpc) is 2.65. The fraction of sp³-hybridized carbons (Fsp3) is 0.955. The van der Waals surface area contributed by atoms with Crippen molar-refractivity contribution < 1.29 is 19.7 Å². The molecule has 4 saturated carbocycles. The van der Waals surface area contributed by atoms with Gasteiger partial charge in [0.05, 0.1) is 18.3 Å². The Morgan fingerprint density at radius 1 is 1.08 bits per heavy atom. The van der Waals surface area contributed by atoms with Crippen molar-refractivity contribution in [3.63, 3.8) is 0 Å². The first-order valence-corrected chi connectivity index (χ1v) is 10.6. The molecule has 148 valence electrons. The molecule has 0 heterocycles. The van der Waals surface area contributed by atoms with Gasteiger partial charge in [0.2, 0.25) is 0 Å². The van der Waals surface area contributed by atoms with E-state index in [9.17, 15) is 15.0 Å². The summed E-state index contributed by atoms with van der Waals surface area (Å²) in [6.07, 6.45) is 7.98. The van der Waals surface area contributed by atoms with Gasteiger partial charge in [0.25, 0.3) is 0 Å². The Bertz CT molecular complexity index is 601. The summed E-state index contributed by atoms with van der Waals surface area (Å²) in [5.74, 6) is 0.836. The van der Waals surface area contributed by atoms with E-state index in [1.165, 1.54) is 13.3 Å². The number of aliphatic hydroxyl groups is 2. The number of hydrogen-bond acceptors (Lipinski definition) is 4. The van der Waals surface area contributed by atoms with Crippen LogP contribution in [0.3, 0.4) is 0 Å². The minimum Gasteiger partial charge on any atom is -0.465 e. The maximum Gasteiger partial charge on any atom is 0.302 e. The van der Waals surface area contributed by atoms with Gasteiger partial charge >= 0.3 is 5.97 Å². The van der Waals surface area contributed by atoms with E-state index in [0.717, 1.165) is 44.9 Å². The number of carbonyl (C=O) groups excluding carboxylic acids is 1. The van der Waals surface area contributed by atoms with Gasteiger partial charge in [0, 0.05) is 23.7 Å². The number of carbonyl (C=O) groups is 1. The molecule has 1 spiro atoms. The smallest absolute Gasteiger partial charge is 0.302 e. The van der Waals surface area contributed by atoms with Gasteiger partial charge in [-0.25, -0.2) is 0 Å². The van der Waals surface area contributed by atoms with Gasteiger partial charge in [-0.1, -0.05) is 20.3 Å². The van der Waals surface area contributed by atoms with Gasteiger partial charge < -0.3 is 14.9 Å². The predicted octanol–water partition coefficient (Wildman–Crippen LogP) is 3.68. The first kappa shape index (κ1) is 18.7. The maximum atomic E-state index is 11.4. The molecule has 4 rings (SSSR count). The molecular weight excluding hydrogens is 328 g/mol. The van der Waals surface area contributed by atoms with Crippen LogP contribution in [0.5, 0.6) is 0 Å². The molecule has 4 aliphatic carbocycles. The van der Waals surface area contributed by atoms with Crippen LogP contribution in [0.25, 0.3) is 0 Å². The molecule has 4 nitrogen and oxygen atoms in total. The molecule has 0 aromatic rings. The summed E-state index contributed by atoms with van der Waals surface area (Å²) in [6.45, 7) is 8.71. The van der Waals surface area contributed by atoms with E-state index in [4.69, 9.17) is 4.74 Å². The molecule has 8 atom stereocenters. The quantitative estimate of drug-likeness (QED) is 0.734. The number of fused-ring (bicyclic) bond motifs is 3. The molecule has 0 aromatic heterocycles. The minimum atomic E-state index is -0.729. The van der Waals surface area contributed by atoms with Crippen molar-refractivity contribution in [3.8, 4) is 0 Å². The van der Waals surface area contributed by atoms with Crippen LogP contribution >= 0.6 is 0 Å². The summed E-state index contributed by atoms with van der Waals surface area (Å²) in [7, 11) is 0. The zero-order valence-corrected chi connectivity index (χ0v) is 16.9. The fourth-order valence-corrected chi connectivity index (χ4v) is 8.44. The Morgan fingerprint density at radius 3 is 2.50 bits per heavy atom. The lowest BCUT2D eigenvalue weighted by Crippen LogP contribution is -2.60. The number of rotatable bonds is 2. The molecule has 0 saturated heterocycles. The number of aliphatic hydroxyl groups excluding tert-OH is 1. The molecule has 2 N–H and O–H groups in total. The van der Waals surface area contributed by atoms with Crippen LogP contribution in [0.15, 0.2) is 0 Å². The van der Waals surface area contributed by atoms with Crippen LogP contribution in [0, 0.1) is 34.0 Å². The van der Waals surface area contributed by atoms with E-state index in [1.807, 2.05) is 6.92 Å². The van der Waals surface area contributed by atoms with Gasteiger partial charge in [-0.3, -0.25) is 4.79 Å². The molecule has 0 amide bonds. The lowest BCUT2D eigenvalue weighted by molar-refractivity contribution is -0.195. The zero-order chi connectivity index (χ0) is 19.0. The molecule has 4 aliphatic rings. The van der Waals surface area contributed by atoms with E-state index in [0.29, 0.717) is 18.4 Å². The molecule has 0 aromatic carbocycles. The van der Waals surface area contributed by atoms with Crippen molar-refractivity contribution in [3.05, 3.63) is 0 Å². The largest absolute Gasteiger partial charge is 0.465 e. The Kier molecular flexibility index (Phi) is 4.11. The van der Waals surface area contributed by atoms with Gasteiger partial charge in [0.15, 0.2) is 0 Å². The maximum absolute atomic E-state index is 11.4. The Balaban J connectivity index is 1.68. The lowest BCUT2D eigenvalue weighted by Gasteiger charge is -2.65. The van der Waals surface area contributed by atoms with Crippen LogP contribution < -0.4 is 0 Å². The second-order valence-electron chi connectivity index (χ2n) is 10.8. The third kappa shape index (κ3) is 2.37. The van der Waals surface area contributed by atoms with Crippen LogP contribution in [0.1, 0.15) is 79.1 Å². The summed E-state index contributed by atoms with van der Waals surface area (Å²) in [5, 5.41) is 22.2. The molecule has 4 fully saturated rings. The fourth-order valence-electron chi connectivity index (χ4n) is 8.44. The summed E-state index contributed by atoms with van der Waals surface area (Å²) < 4.78 is 5.50. The van der Waals surface area contributed by atoms with Crippen molar-refractivity contribution >= 4 is 5.97 Å². The Morgan fingerprint density at radius 2 is 1.81 bits per heavy atom. The minimum absolute atomic E-state index is 0.0310. The van der Waals surface area contributed by atoms with E-state index < -0.39 is 5.60 Å². The number of ether oxygens (including phenoxy) is 1. The van der Waals surface area contributed by atoms with Gasteiger partial charge in [0.1, 0.15) is 0 Å². The van der Waals surface area contributed by atoms with E-state index in [2.05, 4.69) is 13.8 Å². The highest BCUT2D eigenvalue weighted by Crippen LogP contribution is 2.72. The highest BCUT2D eigenvalue weighted by atomic mass is 16.5. The van der Waals surface area contributed by atoms with Gasteiger partial charge in [-0.05, 0) is 69.1 Å². The number of esters is 1. The monoisotopic (exact) mass is 364 g/mol. The summed E-state index contributed by atoms with van der Waals surface area (Å²) in [5.41, 5.74) is -0.647. The first-order valence-electron chi connectivity index (χ1n) is 10.6.